The van der Waals surface area contributed by atoms with Gasteiger partial charge in [-0.25, -0.2) is 4.79 Å². The zero-order chi connectivity index (χ0) is 20.1. The number of imide groups is 1. The number of hydrogen-bond donors (Lipinski definition) is 2. The smallest absolute Gasteiger partial charge is 0.325 e. The van der Waals surface area contributed by atoms with Gasteiger partial charge >= 0.3 is 6.03 Å². The highest BCUT2D eigenvalue weighted by Crippen LogP contribution is 2.28. The Bertz CT molecular complexity index is 887. The predicted molar refractivity (Wildman–Crippen MR) is 99.9 cm³/mol. The van der Waals surface area contributed by atoms with E-state index in [1.54, 1.807) is 36.5 Å². The van der Waals surface area contributed by atoms with Crippen molar-refractivity contribution in [3.63, 3.8) is 0 Å². The Labute approximate surface area is 161 Å². The average molecular weight is 384 g/mol. The molecular formula is C19H20N4O5. The van der Waals surface area contributed by atoms with Crippen molar-refractivity contribution >= 4 is 23.5 Å². The minimum Gasteiger partial charge on any atom is -0.493 e. The van der Waals surface area contributed by atoms with Crippen LogP contribution in [0.3, 0.4) is 0 Å². The number of nitrogens with zero attached hydrogens (tertiary/aromatic N) is 2. The number of methoxy groups -OCH3 is 2. The molecule has 28 heavy (non-hydrogen) atoms. The Morgan fingerprint density at radius 3 is 2.68 bits per heavy atom. The number of aromatic nitrogens is 1. The zero-order valence-corrected chi connectivity index (χ0v) is 15.5. The maximum Gasteiger partial charge on any atom is 0.325 e. The lowest BCUT2D eigenvalue weighted by atomic mass is 10.1. The van der Waals surface area contributed by atoms with Crippen LogP contribution in [0.1, 0.15) is 12.0 Å². The van der Waals surface area contributed by atoms with Gasteiger partial charge in [-0.15, -0.1) is 0 Å². The zero-order valence-electron chi connectivity index (χ0n) is 15.5. The fraction of sp³-hybridized carbons (Fsp3) is 0.263. The summed E-state index contributed by atoms with van der Waals surface area (Å²) in [4.78, 5) is 41.9. The van der Waals surface area contributed by atoms with Gasteiger partial charge in [0.25, 0.3) is 5.91 Å². The summed E-state index contributed by atoms with van der Waals surface area (Å²) in [5.74, 6) is 0.202. The van der Waals surface area contributed by atoms with E-state index < -0.39 is 18.0 Å². The van der Waals surface area contributed by atoms with Gasteiger partial charge in [0.15, 0.2) is 11.5 Å². The average Bonchev–Trinajstić information content (AvgIpc) is 2.95. The summed E-state index contributed by atoms with van der Waals surface area (Å²) in [6.07, 6.45) is 2.92. The van der Waals surface area contributed by atoms with E-state index in [-0.39, 0.29) is 18.9 Å². The second kappa shape index (κ2) is 8.38. The van der Waals surface area contributed by atoms with E-state index in [0.29, 0.717) is 22.7 Å². The number of benzene rings is 1. The molecule has 1 fully saturated rings. The van der Waals surface area contributed by atoms with Gasteiger partial charge < -0.3 is 20.1 Å². The lowest BCUT2D eigenvalue weighted by molar-refractivity contribution is -0.130. The molecule has 0 unspecified atom stereocenters. The number of ether oxygens (including phenoxy) is 2. The highest BCUT2D eigenvalue weighted by molar-refractivity contribution is 6.06. The molecule has 9 nitrogen and oxygen atoms in total. The maximum absolute atomic E-state index is 12.6. The highest BCUT2D eigenvalue weighted by atomic mass is 16.5. The molecule has 2 heterocycles. The fourth-order valence-electron chi connectivity index (χ4n) is 2.86. The van der Waals surface area contributed by atoms with Crippen LogP contribution in [0.5, 0.6) is 11.5 Å². The number of carbonyl (C=O) groups excluding carboxylic acids is 3. The molecule has 2 N–H and O–H groups in total. The molecule has 2 aromatic rings. The SMILES string of the molecule is COc1ccc(CN2C(=O)N[C@H](CC(=O)Nc3cccnc3)C2=O)cc1OC. The molecular weight excluding hydrogens is 364 g/mol. The molecule has 1 aliphatic heterocycles. The first kappa shape index (κ1) is 19.2. The molecule has 1 saturated heterocycles. The van der Waals surface area contributed by atoms with Gasteiger partial charge in [0.1, 0.15) is 6.04 Å². The minimum atomic E-state index is -0.913. The number of rotatable bonds is 7. The molecule has 1 aromatic heterocycles. The summed E-state index contributed by atoms with van der Waals surface area (Å²) in [7, 11) is 3.03. The largest absolute Gasteiger partial charge is 0.493 e. The van der Waals surface area contributed by atoms with Gasteiger partial charge in [-0.3, -0.25) is 19.5 Å². The van der Waals surface area contributed by atoms with Crippen LogP contribution in [0, 0.1) is 0 Å². The summed E-state index contributed by atoms with van der Waals surface area (Å²) in [5.41, 5.74) is 1.22. The summed E-state index contributed by atoms with van der Waals surface area (Å²) >= 11 is 0. The van der Waals surface area contributed by atoms with Crippen LogP contribution >= 0.6 is 0 Å². The first-order valence-electron chi connectivity index (χ1n) is 8.54. The Kier molecular flexibility index (Phi) is 5.73. The first-order chi connectivity index (χ1) is 13.5. The van der Waals surface area contributed by atoms with Crippen molar-refractivity contribution in [2.45, 2.75) is 19.0 Å². The number of nitrogens with one attached hydrogen (secondary N) is 2. The van der Waals surface area contributed by atoms with Crippen molar-refractivity contribution < 1.29 is 23.9 Å². The normalized spacial score (nSPS) is 15.9. The van der Waals surface area contributed by atoms with E-state index in [1.807, 2.05) is 0 Å². The van der Waals surface area contributed by atoms with Crippen molar-refractivity contribution in [3.8, 4) is 11.5 Å². The van der Waals surface area contributed by atoms with Crippen LogP contribution in [0.15, 0.2) is 42.7 Å². The Hall–Kier alpha value is -3.62. The molecule has 0 aliphatic carbocycles. The molecule has 0 spiro atoms. The summed E-state index contributed by atoms with van der Waals surface area (Å²) in [6.45, 7) is 0.0613. The summed E-state index contributed by atoms with van der Waals surface area (Å²) in [6, 6.07) is 7.05. The number of amides is 4. The fourth-order valence-corrected chi connectivity index (χ4v) is 2.86. The maximum atomic E-state index is 12.6. The molecule has 4 amide bonds. The predicted octanol–water partition coefficient (Wildman–Crippen LogP) is 1.55. The molecule has 1 aromatic carbocycles. The number of urea groups is 1. The monoisotopic (exact) mass is 384 g/mol. The van der Waals surface area contributed by atoms with E-state index in [2.05, 4.69) is 15.6 Å². The quantitative estimate of drug-likeness (QED) is 0.701. The Balaban J connectivity index is 1.64. The summed E-state index contributed by atoms with van der Waals surface area (Å²) in [5, 5.41) is 5.19. The number of hydrogen-bond acceptors (Lipinski definition) is 6. The molecule has 0 bridgehead atoms. The molecule has 9 heteroatoms. The van der Waals surface area contributed by atoms with Crippen LogP contribution in [-0.4, -0.2) is 48.0 Å². The van der Waals surface area contributed by atoms with Gasteiger partial charge in [-0.2, -0.15) is 0 Å². The standard InChI is InChI=1S/C19H20N4O5/c1-27-15-6-5-12(8-16(15)28-2)11-23-18(25)14(22-19(23)26)9-17(24)21-13-4-3-7-20-10-13/h3-8,10,14H,9,11H2,1-2H3,(H,21,24)(H,22,26)/t14-/m1/s1. The van der Waals surface area contributed by atoms with Gasteiger partial charge in [0.2, 0.25) is 5.91 Å². The van der Waals surface area contributed by atoms with Crippen LogP contribution in [0.2, 0.25) is 0 Å². The van der Waals surface area contributed by atoms with E-state index in [0.717, 1.165) is 4.90 Å². The van der Waals surface area contributed by atoms with Gasteiger partial charge in [0, 0.05) is 6.20 Å². The lowest BCUT2D eigenvalue weighted by Crippen LogP contribution is -2.34. The van der Waals surface area contributed by atoms with E-state index >= 15 is 0 Å². The summed E-state index contributed by atoms with van der Waals surface area (Å²) < 4.78 is 10.4. The van der Waals surface area contributed by atoms with Crippen LogP contribution in [0.25, 0.3) is 0 Å². The molecule has 0 saturated carbocycles. The topological polar surface area (TPSA) is 110 Å². The second-order valence-corrected chi connectivity index (χ2v) is 6.11. The molecule has 0 radical (unpaired) electrons. The minimum absolute atomic E-state index is 0.0613. The molecule has 1 atom stereocenters. The van der Waals surface area contributed by atoms with Gasteiger partial charge in [-0.05, 0) is 29.8 Å². The van der Waals surface area contributed by atoms with Crippen molar-refractivity contribution in [2.75, 3.05) is 19.5 Å². The molecule has 146 valence electrons. The Morgan fingerprint density at radius 2 is 2.00 bits per heavy atom. The van der Waals surface area contributed by atoms with Crippen LogP contribution in [-0.2, 0) is 16.1 Å². The molecule has 3 rings (SSSR count). The van der Waals surface area contributed by atoms with E-state index in [9.17, 15) is 14.4 Å². The van der Waals surface area contributed by atoms with Crippen LogP contribution in [0.4, 0.5) is 10.5 Å². The van der Waals surface area contributed by atoms with Crippen molar-refractivity contribution in [2.24, 2.45) is 0 Å². The number of anilines is 1. The van der Waals surface area contributed by atoms with Gasteiger partial charge in [-0.1, -0.05) is 6.07 Å². The third-order valence-electron chi connectivity index (χ3n) is 4.23. The number of carbonyl (C=O) groups is 3. The third-order valence-corrected chi connectivity index (χ3v) is 4.23. The van der Waals surface area contributed by atoms with Crippen molar-refractivity contribution in [1.29, 1.82) is 0 Å². The lowest BCUT2D eigenvalue weighted by Gasteiger charge is -2.15. The molecule has 1 aliphatic rings. The van der Waals surface area contributed by atoms with E-state index in [4.69, 9.17) is 9.47 Å². The highest BCUT2D eigenvalue weighted by Gasteiger charge is 2.39. The Morgan fingerprint density at radius 1 is 1.21 bits per heavy atom. The number of pyridine rings is 1. The third kappa shape index (κ3) is 4.20. The van der Waals surface area contributed by atoms with Crippen molar-refractivity contribution in [3.05, 3.63) is 48.3 Å². The van der Waals surface area contributed by atoms with Crippen molar-refractivity contribution in [1.82, 2.24) is 15.2 Å². The second-order valence-electron chi connectivity index (χ2n) is 6.11. The first-order valence-corrected chi connectivity index (χ1v) is 8.54. The van der Waals surface area contributed by atoms with Crippen LogP contribution < -0.4 is 20.1 Å². The van der Waals surface area contributed by atoms with E-state index in [1.165, 1.54) is 20.4 Å². The van der Waals surface area contributed by atoms with Gasteiger partial charge in [0.05, 0.1) is 39.1 Å².